The van der Waals surface area contributed by atoms with Crippen LogP contribution in [0.2, 0.25) is 0 Å². The Morgan fingerprint density at radius 2 is 1.74 bits per heavy atom. The highest BCUT2D eigenvalue weighted by Crippen LogP contribution is 2.21. The topological polar surface area (TPSA) is 59.1 Å². The molecule has 0 saturated heterocycles. The van der Waals surface area contributed by atoms with E-state index in [0.717, 1.165) is 5.69 Å². The Labute approximate surface area is 109 Å². The van der Waals surface area contributed by atoms with Crippen molar-refractivity contribution in [1.82, 2.24) is 4.98 Å². The van der Waals surface area contributed by atoms with Gasteiger partial charge in [-0.15, -0.1) is 0 Å². The van der Waals surface area contributed by atoms with Gasteiger partial charge in [0.15, 0.2) is 5.78 Å². The Kier molecular flexibility index (Phi) is 2.68. The van der Waals surface area contributed by atoms with Gasteiger partial charge in [-0.1, -0.05) is 18.2 Å². The average Bonchev–Trinajstić information content (AvgIpc) is 2.46. The highest BCUT2D eigenvalue weighted by atomic mass is 16.1. The number of carbonyl (C=O) groups is 2. The Morgan fingerprint density at radius 3 is 2.53 bits per heavy atom. The van der Waals surface area contributed by atoms with E-state index in [1.165, 1.54) is 18.5 Å². The summed E-state index contributed by atoms with van der Waals surface area (Å²) in [6, 6.07) is 10.8. The first-order valence-electron chi connectivity index (χ1n) is 5.82. The van der Waals surface area contributed by atoms with E-state index in [4.69, 9.17) is 0 Å². The van der Waals surface area contributed by atoms with Crippen molar-refractivity contribution in [2.75, 3.05) is 5.32 Å². The second-order valence-corrected chi connectivity index (χ2v) is 4.16. The van der Waals surface area contributed by atoms with Crippen LogP contribution in [0.15, 0.2) is 60.6 Å². The number of hydrogen-bond donors (Lipinski definition) is 1. The van der Waals surface area contributed by atoms with Crippen LogP contribution in [0.1, 0.15) is 20.7 Å². The van der Waals surface area contributed by atoms with E-state index in [1.807, 2.05) is 30.3 Å². The number of hydrogen-bond acceptors (Lipinski definition) is 4. The van der Waals surface area contributed by atoms with Gasteiger partial charge < -0.3 is 5.32 Å². The molecule has 0 radical (unpaired) electrons. The number of allylic oxidation sites excluding steroid dienone is 2. The monoisotopic (exact) mass is 250 g/mol. The molecule has 0 atom stereocenters. The summed E-state index contributed by atoms with van der Waals surface area (Å²) in [5.74, 6) is -0.401. The summed E-state index contributed by atoms with van der Waals surface area (Å²) in [6.45, 7) is 0. The standard InChI is InChI=1S/C15H10N2O2/c18-14-8-13(17-10-4-2-1-3-5-10)15(19)12-9-16-7-6-11(12)14/h1-9,17H. The van der Waals surface area contributed by atoms with Crippen LogP contribution in [0.5, 0.6) is 0 Å². The number of para-hydroxylation sites is 1. The number of nitrogens with zero attached hydrogens (tertiary/aromatic N) is 1. The van der Waals surface area contributed by atoms with E-state index in [1.54, 1.807) is 6.07 Å². The lowest BCUT2D eigenvalue weighted by molar-refractivity contribution is 0.0985. The van der Waals surface area contributed by atoms with Gasteiger partial charge in [0.2, 0.25) is 5.78 Å². The zero-order chi connectivity index (χ0) is 13.2. The van der Waals surface area contributed by atoms with Gasteiger partial charge in [-0.05, 0) is 18.2 Å². The zero-order valence-corrected chi connectivity index (χ0v) is 9.96. The lowest BCUT2D eigenvalue weighted by Crippen LogP contribution is -2.21. The molecule has 1 N–H and O–H groups in total. The molecule has 19 heavy (non-hydrogen) atoms. The Balaban J connectivity index is 1.97. The quantitative estimate of drug-likeness (QED) is 0.889. The van der Waals surface area contributed by atoms with Crippen molar-refractivity contribution in [2.24, 2.45) is 0 Å². The summed E-state index contributed by atoms with van der Waals surface area (Å²) in [4.78, 5) is 28.1. The van der Waals surface area contributed by atoms with Gasteiger partial charge >= 0.3 is 0 Å². The third kappa shape index (κ3) is 2.04. The predicted molar refractivity (Wildman–Crippen MR) is 71.0 cm³/mol. The highest BCUT2D eigenvalue weighted by Gasteiger charge is 2.25. The van der Waals surface area contributed by atoms with Crippen molar-refractivity contribution in [3.63, 3.8) is 0 Å². The molecule has 3 rings (SSSR count). The van der Waals surface area contributed by atoms with Crippen molar-refractivity contribution in [3.8, 4) is 0 Å². The van der Waals surface area contributed by atoms with Gasteiger partial charge in [-0.2, -0.15) is 0 Å². The zero-order valence-electron chi connectivity index (χ0n) is 9.96. The van der Waals surface area contributed by atoms with Crippen molar-refractivity contribution in [3.05, 3.63) is 71.7 Å². The van der Waals surface area contributed by atoms with Crippen molar-refractivity contribution < 1.29 is 9.59 Å². The van der Waals surface area contributed by atoms with Crippen LogP contribution in [0.4, 0.5) is 5.69 Å². The number of aromatic nitrogens is 1. The van der Waals surface area contributed by atoms with E-state index in [9.17, 15) is 9.59 Å². The van der Waals surface area contributed by atoms with Gasteiger partial charge in [0, 0.05) is 29.7 Å². The number of ketones is 2. The highest BCUT2D eigenvalue weighted by molar-refractivity contribution is 6.25. The van der Waals surface area contributed by atoms with Crippen LogP contribution in [-0.2, 0) is 0 Å². The van der Waals surface area contributed by atoms with E-state index in [-0.39, 0.29) is 17.3 Å². The van der Waals surface area contributed by atoms with Crippen molar-refractivity contribution in [2.45, 2.75) is 0 Å². The SMILES string of the molecule is O=C1C=C(Nc2ccccc2)C(=O)c2cnccc21. The van der Waals surface area contributed by atoms with Crippen LogP contribution >= 0.6 is 0 Å². The molecule has 1 aliphatic carbocycles. The summed E-state index contributed by atoms with van der Waals surface area (Å²) < 4.78 is 0. The lowest BCUT2D eigenvalue weighted by Gasteiger charge is -2.15. The summed E-state index contributed by atoms with van der Waals surface area (Å²) in [5.41, 5.74) is 1.78. The van der Waals surface area contributed by atoms with Gasteiger partial charge in [0.25, 0.3) is 0 Å². The van der Waals surface area contributed by atoms with E-state index >= 15 is 0 Å². The first-order chi connectivity index (χ1) is 9.25. The number of Topliss-reactive ketones (excluding diaryl/α,β-unsaturated/α-hetero) is 1. The molecule has 2 aromatic rings. The maximum atomic E-state index is 12.2. The predicted octanol–water partition coefficient (Wildman–Crippen LogP) is 2.46. The average molecular weight is 250 g/mol. The van der Waals surface area contributed by atoms with Gasteiger partial charge in [0.1, 0.15) is 0 Å². The second kappa shape index (κ2) is 4.49. The molecule has 1 aromatic carbocycles. The molecule has 0 unspecified atom stereocenters. The Bertz CT molecular complexity index is 690. The maximum absolute atomic E-state index is 12.2. The van der Waals surface area contributed by atoms with Gasteiger partial charge in [0.05, 0.1) is 11.3 Å². The first-order valence-corrected chi connectivity index (χ1v) is 5.82. The minimum atomic E-state index is -0.216. The molecule has 4 nitrogen and oxygen atoms in total. The number of benzene rings is 1. The molecule has 0 spiro atoms. The summed E-state index contributed by atoms with van der Waals surface area (Å²) in [5, 5.41) is 2.96. The number of nitrogens with one attached hydrogen (secondary N) is 1. The van der Waals surface area contributed by atoms with E-state index in [0.29, 0.717) is 11.1 Å². The number of fused-ring (bicyclic) bond motifs is 1. The molecule has 1 aliphatic rings. The summed E-state index contributed by atoms with van der Waals surface area (Å²) in [7, 11) is 0. The molecule has 0 aliphatic heterocycles. The molecule has 0 saturated carbocycles. The number of rotatable bonds is 2. The van der Waals surface area contributed by atoms with Crippen molar-refractivity contribution >= 4 is 17.3 Å². The second-order valence-electron chi connectivity index (χ2n) is 4.16. The lowest BCUT2D eigenvalue weighted by atomic mass is 9.94. The number of anilines is 1. The number of carbonyl (C=O) groups excluding carboxylic acids is 2. The normalized spacial score (nSPS) is 13.8. The van der Waals surface area contributed by atoms with E-state index in [2.05, 4.69) is 10.3 Å². The number of pyridine rings is 1. The molecule has 0 amide bonds. The third-order valence-corrected chi connectivity index (χ3v) is 2.90. The largest absolute Gasteiger partial charge is 0.352 e. The Morgan fingerprint density at radius 1 is 0.947 bits per heavy atom. The minimum absolute atomic E-state index is 0.185. The van der Waals surface area contributed by atoms with E-state index < -0.39 is 0 Å². The molecule has 92 valence electrons. The van der Waals surface area contributed by atoms with Crippen LogP contribution in [0.25, 0.3) is 0 Å². The molecule has 1 heterocycles. The molecular weight excluding hydrogens is 240 g/mol. The fourth-order valence-electron chi connectivity index (χ4n) is 1.98. The van der Waals surface area contributed by atoms with Crippen LogP contribution in [0.3, 0.4) is 0 Å². The molecule has 4 heteroatoms. The van der Waals surface area contributed by atoms with Crippen LogP contribution < -0.4 is 5.32 Å². The van der Waals surface area contributed by atoms with Crippen LogP contribution in [-0.4, -0.2) is 16.6 Å². The molecule has 1 aromatic heterocycles. The Hall–Kier alpha value is -2.75. The van der Waals surface area contributed by atoms with Crippen molar-refractivity contribution in [1.29, 1.82) is 0 Å². The van der Waals surface area contributed by atoms with Gasteiger partial charge in [-0.25, -0.2) is 0 Å². The first kappa shape index (κ1) is 11.3. The molecule has 0 bridgehead atoms. The maximum Gasteiger partial charge on any atom is 0.211 e. The van der Waals surface area contributed by atoms with Crippen LogP contribution in [0, 0.1) is 0 Å². The fraction of sp³-hybridized carbons (Fsp3) is 0. The minimum Gasteiger partial charge on any atom is -0.352 e. The molecule has 0 fully saturated rings. The summed E-state index contributed by atoms with van der Waals surface area (Å²) in [6.07, 6.45) is 4.26. The van der Waals surface area contributed by atoms with Gasteiger partial charge in [-0.3, -0.25) is 14.6 Å². The molecular formula is C15H10N2O2. The summed E-state index contributed by atoms with van der Waals surface area (Å²) >= 11 is 0. The smallest absolute Gasteiger partial charge is 0.211 e. The third-order valence-electron chi connectivity index (χ3n) is 2.90. The fourth-order valence-corrected chi connectivity index (χ4v) is 1.98.